The molecule has 0 aliphatic carbocycles. The predicted octanol–water partition coefficient (Wildman–Crippen LogP) is 1.81. The number of carbonyl (C=O) groups is 1. The van der Waals surface area contributed by atoms with E-state index in [4.69, 9.17) is 0 Å². The van der Waals surface area contributed by atoms with Crippen molar-refractivity contribution in [3.63, 3.8) is 0 Å². The molecule has 24 heavy (non-hydrogen) atoms. The first kappa shape index (κ1) is 15.4. The molecule has 1 atom stereocenters. The van der Waals surface area contributed by atoms with E-state index in [1.165, 1.54) is 28.4 Å². The number of hydrogen-bond acceptors (Lipinski definition) is 4. The lowest BCUT2D eigenvalue weighted by atomic mass is 9.97. The van der Waals surface area contributed by atoms with Crippen LogP contribution in [0.15, 0.2) is 30.6 Å². The number of nitrogens with zero attached hydrogens (tertiary/aromatic N) is 3. The zero-order valence-electron chi connectivity index (χ0n) is 14.2. The van der Waals surface area contributed by atoms with Crippen LogP contribution in [-0.2, 0) is 11.2 Å². The molecule has 1 aromatic heterocycles. The average molecular weight is 324 g/mol. The summed E-state index contributed by atoms with van der Waals surface area (Å²) in [6.07, 6.45) is 6.26. The van der Waals surface area contributed by atoms with E-state index in [-0.39, 0.29) is 5.91 Å². The molecule has 2 aliphatic heterocycles. The minimum atomic E-state index is 0.0543. The van der Waals surface area contributed by atoms with Crippen molar-refractivity contribution in [3.8, 4) is 0 Å². The largest absolute Gasteiger partial charge is 0.366 e. The number of benzene rings is 1. The van der Waals surface area contributed by atoms with Gasteiger partial charge in [0.15, 0.2) is 0 Å². The van der Waals surface area contributed by atoms with Crippen molar-refractivity contribution in [1.29, 1.82) is 0 Å². The Hall–Kier alpha value is -2.14. The SMILES string of the molecule is CC(=O)NCCN1CCC(N2CCc3cncc4cccc2c34)C1. The molecule has 1 saturated heterocycles. The maximum Gasteiger partial charge on any atom is 0.216 e. The molecule has 0 saturated carbocycles. The van der Waals surface area contributed by atoms with Gasteiger partial charge in [-0.25, -0.2) is 0 Å². The van der Waals surface area contributed by atoms with E-state index in [0.29, 0.717) is 6.04 Å². The molecular weight excluding hydrogens is 300 g/mol. The normalized spacial score (nSPS) is 20.5. The minimum absolute atomic E-state index is 0.0543. The molecular formula is C19H24N4O. The highest BCUT2D eigenvalue weighted by molar-refractivity contribution is 5.97. The minimum Gasteiger partial charge on any atom is -0.366 e. The second kappa shape index (κ2) is 6.40. The number of carbonyl (C=O) groups excluding carboxylic acids is 1. The van der Waals surface area contributed by atoms with Crippen molar-refractivity contribution in [1.82, 2.24) is 15.2 Å². The van der Waals surface area contributed by atoms with Gasteiger partial charge in [-0.05, 0) is 24.5 Å². The van der Waals surface area contributed by atoms with E-state index in [2.05, 4.69) is 38.3 Å². The lowest BCUT2D eigenvalue weighted by Crippen LogP contribution is -2.41. The molecule has 1 aromatic carbocycles. The van der Waals surface area contributed by atoms with Crippen molar-refractivity contribution >= 4 is 22.4 Å². The maximum absolute atomic E-state index is 11.0. The first-order chi connectivity index (χ1) is 11.7. The number of amides is 1. The summed E-state index contributed by atoms with van der Waals surface area (Å²) >= 11 is 0. The van der Waals surface area contributed by atoms with Crippen LogP contribution in [0.1, 0.15) is 18.9 Å². The molecule has 2 aliphatic rings. The van der Waals surface area contributed by atoms with Gasteiger partial charge >= 0.3 is 0 Å². The van der Waals surface area contributed by atoms with Crippen molar-refractivity contribution < 1.29 is 4.79 Å². The van der Waals surface area contributed by atoms with Crippen LogP contribution in [0.2, 0.25) is 0 Å². The summed E-state index contributed by atoms with van der Waals surface area (Å²) in [5.74, 6) is 0.0543. The van der Waals surface area contributed by atoms with E-state index >= 15 is 0 Å². The summed E-state index contributed by atoms with van der Waals surface area (Å²) in [7, 11) is 0. The molecule has 0 bridgehead atoms. The number of rotatable bonds is 4. The first-order valence-electron chi connectivity index (χ1n) is 8.81. The van der Waals surface area contributed by atoms with Gasteiger partial charge in [-0.2, -0.15) is 0 Å². The summed E-state index contributed by atoms with van der Waals surface area (Å²) < 4.78 is 0. The van der Waals surface area contributed by atoms with E-state index in [9.17, 15) is 4.79 Å². The molecule has 1 amide bonds. The van der Waals surface area contributed by atoms with E-state index < -0.39 is 0 Å². The first-order valence-corrected chi connectivity index (χ1v) is 8.81. The van der Waals surface area contributed by atoms with Gasteiger partial charge in [-0.3, -0.25) is 14.7 Å². The van der Waals surface area contributed by atoms with Gasteiger partial charge in [0.1, 0.15) is 0 Å². The number of anilines is 1. The fourth-order valence-electron chi connectivity index (χ4n) is 4.12. The van der Waals surface area contributed by atoms with E-state index in [1.807, 2.05) is 12.4 Å². The highest BCUT2D eigenvalue weighted by Crippen LogP contribution is 2.36. The molecule has 5 heteroatoms. The van der Waals surface area contributed by atoms with Crippen molar-refractivity contribution in [2.45, 2.75) is 25.8 Å². The number of likely N-dealkylation sites (tertiary alicyclic amines) is 1. The Kier molecular flexibility index (Phi) is 4.10. The Morgan fingerprint density at radius 2 is 2.25 bits per heavy atom. The summed E-state index contributed by atoms with van der Waals surface area (Å²) in [4.78, 5) is 20.4. The summed E-state index contributed by atoms with van der Waals surface area (Å²) in [5.41, 5.74) is 2.74. The van der Waals surface area contributed by atoms with Crippen LogP contribution in [-0.4, -0.2) is 54.6 Å². The molecule has 1 N–H and O–H groups in total. The third kappa shape index (κ3) is 2.84. The highest BCUT2D eigenvalue weighted by Gasteiger charge is 2.30. The second-order valence-electron chi connectivity index (χ2n) is 6.84. The topological polar surface area (TPSA) is 48.5 Å². The zero-order chi connectivity index (χ0) is 16.5. The van der Waals surface area contributed by atoms with Gasteiger partial charge in [-0.15, -0.1) is 0 Å². The number of hydrogen-bond donors (Lipinski definition) is 1. The van der Waals surface area contributed by atoms with Crippen molar-refractivity contribution in [2.24, 2.45) is 0 Å². The van der Waals surface area contributed by atoms with Gasteiger partial charge < -0.3 is 10.2 Å². The maximum atomic E-state index is 11.0. The van der Waals surface area contributed by atoms with Crippen LogP contribution in [0, 0.1) is 0 Å². The zero-order valence-corrected chi connectivity index (χ0v) is 14.2. The summed E-state index contributed by atoms with van der Waals surface area (Å²) in [6, 6.07) is 7.12. The Bertz CT molecular complexity index is 755. The molecule has 0 radical (unpaired) electrons. The highest BCUT2D eigenvalue weighted by atomic mass is 16.1. The predicted molar refractivity (Wildman–Crippen MR) is 96.3 cm³/mol. The van der Waals surface area contributed by atoms with Crippen LogP contribution in [0.5, 0.6) is 0 Å². The third-order valence-electron chi connectivity index (χ3n) is 5.26. The Labute approximate surface area is 142 Å². The van der Waals surface area contributed by atoms with E-state index in [1.54, 1.807) is 6.92 Å². The quantitative estimate of drug-likeness (QED) is 0.932. The fourth-order valence-corrected chi connectivity index (χ4v) is 4.12. The number of aromatic nitrogens is 1. The van der Waals surface area contributed by atoms with Gasteiger partial charge in [0.25, 0.3) is 0 Å². The average Bonchev–Trinajstić information content (AvgIpc) is 3.04. The molecule has 5 nitrogen and oxygen atoms in total. The monoisotopic (exact) mass is 324 g/mol. The van der Waals surface area contributed by atoms with Gasteiger partial charge in [0, 0.05) is 74.5 Å². The number of nitrogens with one attached hydrogen (secondary N) is 1. The van der Waals surface area contributed by atoms with Gasteiger partial charge in [0.2, 0.25) is 5.91 Å². The Balaban J connectivity index is 1.50. The fraction of sp³-hybridized carbons (Fsp3) is 0.474. The van der Waals surface area contributed by atoms with Crippen LogP contribution >= 0.6 is 0 Å². The molecule has 1 fully saturated rings. The lowest BCUT2D eigenvalue weighted by Gasteiger charge is -2.36. The Morgan fingerprint density at radius 1 is 1.33 bits per heavy atom. The van der Waals surface area contributed by atoms with Gasteiger partial charge in [-0.1, -0.05) is 12.1 Å². The van der Waals surface area contributed by atoms with E-state index in [0.717, 1.165) is 39.1 Å². The summed E-state index contributed by atoms with van der Waals surface area (Å²) in [5, 5.41) is 5.52. The molecule has 126 valence electrons. The molecule has 1 unspecified atom stereocenters. The van der Waals surface area contributed by atoms with Crippen LogP contribution in [0.3, 0.4) is 0 Å². The Morgan fingerprint density at radius 3 is 3.12 bits per heavy atom. The molecule has 0 spiro atoms. The molecule has 2 aromatic rings. The molecule has 4 rings (SSSR count). The standard InChI is InChI=1S/C19H24N4O/c1-14(24)21-7-10-22-8-6-17(13-22)23-9-5-16-12-20-11-15-3-2-4-18(23)19(15)16/h2-4,11-12,17H,5-10,13H2,1H3,(H,21,24). The van der Waals surface area contributed by atoms with Crippen LogP contribution < -0.4 is 10.2 Å². The second-order valence-corrected chi connectivity index (χ2v) is 6.84. The van der Waals surface area contributed by atoms with Crippen LogP contribution in [0.4, 0.5) is 5.69 Å². The van der Waals surface area contributed by atoms with Crippen LogP contribution in [0.25, 0.3) is 10.8 Å². The number of pyridine rings is 1. The smallest absolute Gasteiger partial charge is 0.216 e. The van der Waals surface area contributed by atoms with Gasteiger partial charge in [0.05, 0.1) is 0 Å². The summed E-state index contributed by atoms with van der Waals surface area (Å²) in [6.45, 7) is 6.52. The molecule has 3 heterocycles. The lowest BCUT2D eigenvalue weighted by molar-refractivity contribution is -0.119. The van der Waals surface area contributed by atoms with Crippen molar-refractivity contribution in [2.75, 3.05) is 37.6 Å². The van der Waals surface area contributed by atoms with Crippen molar-refractivity contribution in [3.05, 3.63) is 36.2 Å². The third-order valence-corrected chi connectivity index (χ3v) is 5.26.